The normalized spacial score (nSPS) is 14.1. The number of ether oxygens (including phenoxy) is 2. The van der Waals surface area contributed by atoms with Gasteiger partial charge in [0.05, 0.1) is 30.9 Å². The van der Waals surface area contributed by atoms with Crippen LogP contribution in [-0.2, 0) is 14.3 Å². The van der Waals surface area contributed by atoms with Crippen molar-refractivity contribution in [3.63, 3.8) is 0 Å². The Labute approximate surface area is 162 Å². The Bertz CT molecular complexity index is 896. The molecule has 1 heterocycles. The van der Waals surface area contributed by atoms with Crippen LogP contribution >= 0.6 is 11.6 Å². The van der Waals surface area contributed by atoms with Gasteiger partial charge in [-0.25, -0.2) is 0 Å². The Morgan fingerprint density at radius 2 is 1.78 bits per heavy atom. The summed E-state index contributed by atoms with van der Waals surface area (Å²) >= 11 is 6.17. The maximum atomic E-state index is 12.9. The van der Waals surface area contributed by atoms with Gasteiger partial charge < -0.3 is 14.8 Å². The number of hydrogen-bond acceptors (Lipinski definition) is 5. The molecule has 0 saturated carbocycles. The molecule has 0 unspecified atom stereocenters. The van der Waals surface area contributed by atoms with Crippen molar-refractivity contribution >= 4 is 34.7 Å². The summed E-state index contributed by atoms with van der Waals surface area (Å²) in [6, 6.07) is 14.1. The van der Waals surface area contributed by atoms with Gasteiger partial charge in [0.25, 0.3) is 11.8 Å². The number of carbonyl (C=O) groups is 2. The molecule has 3 rings (SSSR count). The van der Waals surface area contributed by atoms with Crippen LogP contribution in [0.2, 0.25) is 5.02 Å². The molecule has 0 aromatic heterocycles. The van der Waals surface area contributed by atoms with Crippen molar-refractivity contribution in [2.45, 2.75) is 0 Å². The number of hydrogen-bond donors (Lipinski definition) is 1. The Balaban J connectivity index is 2.01. The minimum atomic E-state index is -0.400. The van der Waals surface area contributed by atoms with Crippen LogP contribution < -0.4 is 10.1 Å². The van der Waals surface area contributed by atoms with Gasteiger partial charge in [-0.1, -0.05) is 41.9 Å². The summed E-state index contributed by atoms with van der Waals surface area (Å²) in [6.45, 7) is 0.445. The fraction of sp³-hybridized carbons (Fsp3) is 0.200. The summed E-state index contributed by atoms with van der Waals surface area (Å²) < 4.78 is 10.2. The highest BCUT2D eigenvalue weighted by Gasteiger charge is 2.38. The topological polar surface area (TPSA) is 67.9 Å². The highest BCUT2D eigenvalue weighted by Crippen LogP contribution is 2.32. The molecule has 2 amide bonds. The second-order valence-corrected chi connectivity index (χ2v) is 6.25. The average molecular weight is 387 g/mol. The van der Waals surface area contributed by atoms with E-state index in [1.54, 1.807) is 30.3 Å². The van der Waals surface area contributed by atoms with Crippen molar-refractivity contribution in [1.82, 2.24) is 4.90 Å². The maximum absolute atomic E-state index is 12.9. The minimum Gasteiger partial charge on any atom is -0.495 e. The predicted octanol–water partition coefficient (Wildman–Crippen LogP) is 3.19. The van der Waals surface area contributed by atoms with Crippen molar-refractivity contribution in [2.75, 3.05) is 32.7 Å². The van der Waals surface area contributed by atoms with Gasteiger partial charge in [-0.05, 0) is 23.8 Å². The molecule has 0 fully saturated rings. The molecule has 2 aromatic rings. The van der Waals surface area contributed by atoms with E-state index < -0.39 is 5.91 Å². The summed E-state index contributed by atoms with van der Waals surface area (Å²) in [5, 5.41) is 3.46. The van der Waals surface area contributed by atoms with E-state index in [1.165, 1.54) is 19.1 Å². The third-order valence-corrected chi connectivity index (χ3v) is 4.47. The zero-order valence-corrected chi connectivity index (χ0v) is 15.7. The van der Waals surface area contributed by atoms with Gasteiger partial charge in [-0.15, -0.1) is 0 Å². The van der Waals surface area contributed by atoms with Gasteiger partial charge in [-0.2, -0.15) is 0 Å². The number of nitrogens with one attached hydrogen (secondary N) is 1. The number of amides is 2. The fourth-order valence-corrected chi connectivity index (χ4v) is 3.10. The van der Waals surface area contributed by atoms with Crippen LogP contribution in [0.1, 0.15) is 5.56 Å². The summed E-state index contributed by atoms with van der Waals surface area (Å²) in [6.07, 6.45) is 0. The number of methoxy groups -OCH3 is 2. The fourth-order valence-electron chi connectivity index (χ4n) is 2.84. The number of halogens is 1. The Morgan fingerprint density at radius 1 is 1.04 bits per heavy atom. The van der Waals surface area contributed by atoms with Crippen LogP contribution in [0.5, 0.6) is 5.75 Å². The summed E-state index contributed by atoms with van der Waals surface area (Å²) in [4.78, 5) is 27.0. The molecule has 0 saturated heterocycles. The largest absolute Gasteiger partial charge is 0.495 e. The van der Waals surface area contributed by atoms with Gasteiger partial charge in [0, 0.05) is 12.8 Å². The van der Waals surface area contributed by atoms with Gasteiger partial charge in [0.15, 0.2) is 0 Å². The van der Waals surface area contributed by atoms with Crippen LogP contribution in [0.15, 0.2) is 54.2 Å². The lowest BCUT2D eigenvalue weighted by molar-refractivity contribution is -0.137. The van der Waals surface area contributed by atoms with Crippen molar-refractivity contribution in [2.24, 2.45) is 0 Å². The second-order valence-electron chi connectivity index (χ2n) is 5.85. The Kier molecular flexibility index (Phi) is 5.78. The van der Waals surface area contributed by atoms with Gasteiger partial charge >= 0.3 is 0 Å². The lowest BCUT2D eigenvalue weighted by Gasteiger charge is -2.14. The first kappa shape index (κ1) is 18.9. The molecular formula is C20H19ClN2O4. The quantitative estimate of drug-likeness (QED) is 0.740. The standard InChI is InChI=1S/C20H19ClN2O4/c1-26-11-10-23-19(24)17(13-6-4-3-5-7-13)18(20(23)25)22-14-8-9-16(27-2)15(21)12-14/h3-9,12,22H,10-11H2,1-2H3. The average Bonchev–Trinajstić information content (AvgIpc) is 2.91. The molecule has 0 spiro atoms. The molecule has 0 aliphatic carbocycles. The van der Waals surface area contributed by atoms with Crippen LogP contribution in [0, 0.1) is 0 Å². The van der Waals surface area contributed by atoms with E-state index in [1.807, 2.05) is 18.2 Å². The molecule has 1 aliphatic rings. The predicted molar refractivity (Wildman–Crippen MR) is 104 cm³/mol. The summed E-state index contributed by atoms with van der Waals surface area (Å²) in [5.74, 6) is -0.233. The van der Waals surface area contributed by atoms with E-state index in [0.717, 1.165) is 0 Å². The van der Waals surface area contributed by atoms with Crippen LogP contribution in [0.4, 0.5) is 5.69 Å². The lowest BCUT2D eigenvalue weighted by Crippen LogP contribution is -2.35. The Hall–Kier alpha value is -2.83. The van der Waals surface area contributed by atoms with Crippen LogP contribution in [-0.4, -0.2) is 44.1 Å². The minimum absolute atomic E-state index is 0.180. The number of rotatable bonds is 7. The smallest absolute Gasteiger partial charge is 0.278 e. The molecule has 0 bridgehead atoms. The van der Waals surface area contributed by atoms with E-state index in [0.29, 0.717) is 27.6 Å². The first-order chi connectivity index (χ1) is 13.1. The Morgan fingerprint density at radius 3 is 2.41 bits per heavy atom. The molecular weight excluding hydrogens is 368 g/mol. The van der Waals surface area contributed by atoms with Gasteiger partial charge in [0.1, 0.15) is 11.4 Å². The maximum Gasteiger partial charge on any atom is 0.278 e. The zero-order valence-electron chi connectivity index (χ0n) is 15.0. The molecule has 6 nitrogen and oxygen atoms in total. The van der Waals surface area contributed by atoms with Crippen molar-refractivity contribution in [3.05, 3.63) is 64.8 Å². The molecule has 2 aromatic carbocycles. The van der Waals surface area contributed by atoms with E-state index in [4.69, 9.17) is 21.1 Å². The molecule has 27 heavy (non-hydrogen) atoms. The van der Waals surface area contributed by atoms with Crippen molar-refractivity contribution < 1.29 is 19.1 Å². The molecule has 1 aliphatic heterocycles. The number of carbonyl (C=O) groups excluding carboxylic acids is 2. The lowest BCUT2D eigenvalue weighted by atomic mass is 10.0. The highest BCUT2D eigenvalue weighted by molar-refractivity contribution is 6.36. The van der Waals surface area contributed by atoms with E-state index >= 15 is 0 Å². The van der Waals surface area contributed by atoms with Gasteiger partial charge in [0.2, 0.25) is 0 Å². The van der Waals surface area contributed by atoms with Crippen LogP contribution in [0.25, 0.3) is 5.57 Å². The first-order valence-corrected chi connectivity index (χ1v) is 8.70. The zero-order chi connectivity index (χ0) is 19.4. The second kappa shape index (κ2) is 8.24. The number of imide groups is 1. The molecule has 1 N–H and O–H groups in total. The van der Waals surface area contributed by atoms with Gasteiger partial charge in [-0.3, -0.25) is 14.5 Å². The molecule has 7 heteroatoms. The third-order valence-electron chi connectivity index (χ3n) is 4.17. The summed E-state index contributed by atoms with van der Waals surface area (Å²) in [5.41, 5.74) is 1.78. The van der Waals surface area contributed by atoms with Crippen molar-refractivity contribution in [3.8, 4) is 5.75 Å². The number of nitrogens with zero attached hydrogens (tertiary/aromatic N) is 1. The van der Waals surface area contributed by atoms with E-state index in [2.05, 4.69) is 5.32 Å². The van der Waals surface area contributed by atoms with E-state index in [9.17, 15) is 9.59 Å². The SMILES string of the molecule is COCCN1C(=O)C(Nc2ccc(OC)c(Cl)c2)=C(c2ccccc2)C1=O. The molecule has 0 radical (unpaired) electrons. The first-order valence-electron chi connectivity index (χ1n) is 8.32. The third kappa shape index (κ3) is 3.82. The molecule has 0 atom stereocenters. The monoisotopic (exact) mass is 386 g/mol. The number of anilines is 1. The van der Waals surface area contributed by atoms with Crippen molar-refractivity contribution in [1.29, 1.82) is 0 Å². The number of benzene rings is 2. The van der Waals surface area contributed by atoms with Crippen LogP contribution in [0.3, 0.4) is 0 Å². The summed E-state index contributed by atoms with van der Waals surface area (Å²) in [7, 11) is 3.05. The highest BCUT2D eigenvalue weighted by atomic mass is 35.5. The molecule has 140 valence electrons. The van der Waals surface area contributed by atoms with E-state index in [-0.39, 0.29) is 24.8 Å².